The van der Waals surface area contributed by atoms with E-state index in [1.807, 2.05) is 48.8 Å². The number of unbranched alkanes of at least 4 members (excludes halogenated alkanes) is 5. The Morgan fingerprint density at radius 1 is 0.531 bits per heavy atom. The normalized spacial score (nSPS) is 11.2. The van der Waals surface area contributed by atoms with Gasteiger partial charge < -0.3 is 0 Å². The number of pyridine rings is 2. The Morgan fingerprint density at radius 2 is 0.812 bits per heavy atom. The molecule has 0 aliphatic carbocycles. The van der Waals surface area contributed by atoms with Crippen molar-refractivity contribution in [3.63, 3.8) is 0 Å². The minimum Gasteiger partial charge on any atom is -0.222 e. The SMILES string of the molecule is Clc1cccc[n+]1CCCCCCCC[n+]1ccccc1Cl.[O-][Cl+3]([O-])([O-])[O-].[O-][Cl+3]([O-])([O-])[O-]. The van der Waals surface area contributed by atoms with Gasteiger partial charge in [0.1, 0.15) is 13.1 Å². The fourth-order valence-electron chi connectivity index (χ4n) is 2.55. The Bertz CT molecular complexity index is 685. The molecule has 2 aromatic rings. The smallest absolute Gasteiger partial charge is 0.222 e. The number of aryl methyl sites for hydroxylation is 2. The molecule has 0 aromatic carbocycles. The summed E-state index contributed by atoms with van der Waals surface area (Å²) in [6.45, 7) is 2.02. The van der Waals surface area contributed by atoms with E-state index in [-0.39, 0.29) is 0 Å². The van der Waals surface area contributed by atoms with Crippen LogP contribution in [-0.2, 0) is 13.1 Å². The average Bonchev–Trinajstić information content (AvgIpc) is 2.64. The van der Waals surface area contributed by atoms with Crippen LogP contribution >= 0.6 is 23.2 Å². The molecule has 0 unspecified atom stereocenters. The molecule has 0 aliphatic rings. The zero-order valence-corrected chi connectivity index (χ0v) is 20.0. The zero-order chi connectivity index (χ0) is 24.6. The maximum absolute atomic E-state index is 8.49. The van der Waals surface area contributed by atoms with Gasteiger partial charge in [-0.1, -0.05) is 12.8 Å². The van der Waals surface area contributed by atoms with Crippen LogP contribution in [-0.4, -0.2) is 0 Å². The van der Waals surface area contributed by atoms with E-state index in [0.717, 1.165) is 23.4 Å². The van der Waals surface area contributed by atoms with Crippen LogP contribution in [0.25, 0.3) is 0 Å². The Kier molecular flexibility index (Phi) is 16.3. The fourth-order valence-corrected chi connectivity index (χ4v) is 2.97. The van der Waals surface area contributed by atoms with Crippen LogP contribution in [0.2, 0.25) is 10.3 Å². The summed E-state index contributed by atoms with van der Waals surface area (Å²) in [5, 5.41) is 1.64. The van der Waals surface area contributed by atoms with Crippen molar-refractivity contribution in [2.24, 2.45) is 0 Å². The van der Waals surface area contributed by atoms with Gasteiger partial charge in [0, 0.05) is 37.1 Å². The van der Waals surface area contributed by atoms with Crippen LogP contribution in [0.4, 0.5) is 0 Å². The first kappa shape index (κ1) is 31.1. The number of hydrogen-bond acceptors (Lipinski definition) is 8. The Hall–Kier alpha value is -0.860. The quantitative estimate of drug-likeness (QED) is 0.172. The van der Waals surface area contributed by atoms with E-state index in [1.165, 1.54) is 38.5 Å². The number of hydrogen-bond donors (Lipinski definition) is 0. The van der Waals surface area contributed by atoms with Gasteiger partial charge in [0.15, 0.2) is 12.4 Å². The molecule has 0 amide bonds. The molecule has 0 N–H and O–H groups in total. The van der Waals surface area contributed by atoms with E-state index >= 15 is 0 Å². The maximum atomic E-state index is 8.49. The second-order valence-corrected chi connectivity index (χ2v) is 8.60. The molecular formula is C18H24Cl4N2O8. The predicted octanol–water partition coefficient (Wildman–Crippen LogP) is -4.90. The van der Waals surface area contributed by atoms with E-state index in [4.69, 9.17) is 60.5 Å². The third-order valence-corrected chi connectivity index (χ3v) is 4.50. The van der Waals surface area contributed by atoms with Gasteiger partial charge in [-0.05, 0) is 48.2 Å². The molecule has 2 heterocycles. The molecule has 0 radical (unpaired) electrons. The first-order chi connectivity index (χ1) is 14.8. The van der Waals surface area contributed by atoms with Gasteiger partial charge >= 0.3 is 0 Å². The minimum absolute atomic E-state index is 0.819. The summed E-state index contributed by atoms with van der Waals surface area (Å²) >= 11 is 12.3. The van der Waals surface area contributed by atoms with Gasteiger partial charge in [-0.2, -0.15) is 9.13 Å². The molecule has 0 bridgehead atoms. The molecule has 0 saturated heterocycles. The lowest BCUT2D eigenvalue weighted by Crippen LogP contribution is -2.68. The van der Waals surface area contributed by atoms with E-state index in [9.17, 15) is 0 Å². The molecule has 2 rings (SSSR count). The van der Waals surface area contributed by atoms with Crippen molar-refractivity contribution >= 4 is 23.2 Å². The molecule has 0 spiro atoms. The van der Waals surface area contributed by atoms with Gasteiger partial charge in [-0.25, -0.2) is 37.3 Å². The average molecular weight is 538 g/mol. The number of nitrogens with zero attached hydrogens (tertiary/aromatic N) is 2. The van der Waals surface area contributed by atoms with Gasteiger partial charge in [-0.3, -0.25) is 0 Å². The van der Waals surface area contributed by atoms with Crippen molar-refractivity contribution in [3.05, 3.63) is 59.1 Å². The minimum atomic E-state index is -4.94. The monoisotopic (exact) mass is 536 g/mol. The summed E-state index contributed by atoms with van der Waals surface area (Å²) < 4.78 is 72.2. The summed E-state index contributed by atoms with van der Waals surface area (Å²) in [6.07, 6.45) is 11.6. The first-order valence-corrected chi connectivity index (χ1v) is 12.5. The van der Waals surface area contributed by atoms with E-state index in [2.05, 4.69) is 9.13 Å². The standard InChI is InChI=1S/C18H24Cl2N2.2ClHO4/c19-17-11-5-9-15-21(17)13-7-3-1-2-4-8-14-22-16-10-6-12-18(22)20;2*2-1(3,4)5/h5-6,9-12,15-16H,1-4,7-8,13-14H2;2*(H,2,3,4,5)/q+2;;/p-2. The van der Waals surface area contributed by atoms with Gasteiger partial charge in [0.2, 0.25) is 0 Å². The van der Waals surface area contributed by atoms with Crippen LogP contribution in [0, 0.1) is 20.5 Å². The zero-order valence-electron chi connectivity index (χ0n) is 16.9. The highest BCUT2D eigenvalue weighted by atomic mass is 35.7. The maximum Gasteiger partial charge on any atom is 0.274 e. The predicted molar refractivity (Wildman–Crippen MR) is 91.0 cm³/mol. The third-order valence-electron chi connectivity index (χ3n) is 3.82. The summed E-state index contributed by atoms with van der Waals surface area (Å²) in [4.78, 5) is 0. The van der Waals surface area contributed by atoms with E-state index in [0.29, 0.717) is 0 Å². The van der Waals surface area contributed by atoms with Crippen molar-refractivity contribution in [2.45, 2.75) is 51.6 Å². The van der Waals surface area contributed by atoms with Crippen molar-refractivity contribution in [1.29, 1.82) is 0 Å². The van der Waals surface area contributed by atoms with Crippen molar-refractivity contribution in [1.82, 2.24) is 0 Å². The molecule has 32 heavy (non-hydrogen) atoms. The number of halogens is 4. The van der Waals surface area contributed by atoms with Crippen molar-refractivity contribution < 1.29 is 66.9 Å². The van der Waals surface area contributed by atoms with Crippen molar-refractivity contribution in [2.75, 3.05) is 0 Å². The van der Waals surface area contributed by atoms with Crippen LogP contribution in [0.15, 0.2) is 48.8 Å². The van der Waals surface area contributed by atoms with Crippen LogP contribution in [0.1, 0.15) is 38.5 Å². The molecule has 0 fully saturated rings. The summed E-state index contributed by atoms with van der Waals surface area (Å²) in [6, 6.07) is 11.9. The molecule has 0 saturated carbocycles. The Labute approximate surface area is 200 Å². The lowest BCUT2D eigenvalue weighted by molar-refractivity contribution is -2.00. The van der Waals surface area contributed by atoms with Crippen molar-refractivity contribution in [3.8, 4) is 0 Å². The molecule has 14 heteroatoms. The highest BCUT2D eigenvalue weighted by molar-refractivity contribution is 6.28. The third kappa shape index (κ3) is 22.3. The molecule has 10 nitrogen and oxygen atoms in total. The number of aromatic nitrogens is 2. The highest BCUT2D eigenvalue weighted by Crippen LogP contribution is 2.07. The Morgan fingerprint density at radius 3 is 1.09 bits per heavy atom. The molecule has 2 aromatic heterocycles. The fraction of sp³-hybridized carbons (Fsp3) is 0.444. The van der Waals surface area contributed by atoms with E-state index in [1.54, 1.807) is 0 Å². The van der Waals surface area contributed by atoms with Crippen LogP contribution < -0.4 is 46.4 Å². The van der Waals surface area contributed by atoms with E-state index < -0.39 is 20.5 Å². The van der Waals surface area contributed by atoms with Gasteiger partial charge in [0.05, 0.1) is 0 Å². The lowest BCUT2D eigenvalue weighted by Gasteiger charge is -2.17. The largest absolute Gasteiger partial charge is 0.274 e. The molecule has 0 atom stereocenters. The second-order valence-electron chi connectivity index (χ2n) is 6.31. The summed E-state index contributed by atoms with van der Waals surface area (Å²) in [5.41, 5.74) is 0. The van der Waals surface area contributed by atoms with Gasteiger partial charge in [-0.15, -0.1) is 20.5 Å². The number of rotatable bonds is 9. The topological polar surface area (TPSA) is 192 Å². The van der Waals surface area contributed by atoms with Gasteiger partial charge in [0.25, 0.3) is 10.3 Å². The Balaban J connectivity index is 0.000000805. The van der Waals surface area contributed by atoms with Crippen LogP contribution in [0.5, 0.6) is 0 Å². The molecular weight excluding hydrogens is 514 g/mol. The second kappa shape index (κ2) is 16.7. The van der Waals surface area contributed by atoms with Crippen LogP contribution in [0.3, 0.4) is 0 Å². The highest BCUT2D eigenvalue weighted by Gasteiger charge is 2.06. The molecule has 182 valence electrons. The summed E-state index contributed by atoms with van der Waals surface area (Å²) in [7, 11) is -9.89. The lowest BCUT2D eigenvalue weighted by atomic mass is 10.1. The molecule has 0 aliphatic heterocycles. The summed E-state index contributed by atoms with van der Waals surface area (Å²) in [5.74, 6) is 0. The first-order valence-electron chi connectivity index (χ1n) is 9.29.